The van der Waals surface area contributed by atoms with Crippen LogP contribution in [-0.4, -0.2) is 10.2 Å². The Balaban J connectivity index is 2.27. The number of para-hydroxylation sites is 1. The smallest absolute Gasteiger partial charge is 0.171 e. The number of hydrogen-bond donors (Lipinski definition) is 2. The second-order valence-electron chi connectivity index (χ2n) is 3.48. The third-order valence-electron chi connectivity index (χ3n) is 2.31. The molecule has 0 fully saturated rings. The van der Waals surface area contributed by atoms with Crippen LogP contribution >= 0.6 is 0 Å². The molecule has 0 spiro atoms. The number of aromatic nitrogens is 1. The normalized spacial score (nSPS) is 12.8. The van der Waals surface area contributed by atoms with Gasteiger partial charge in [0.25, 0.3) is 0 Å². The number of benzene rings is 1. The fourth-order valence-corrected chi connectivity index (χ4v) is 1.49. The van der Waals surface area contributed by atoms with Crippen LogP contribution in [0, 0.1) is 5.21 Å². The fourth-order valence-electron chi connectivity index (χ4n) is 1.49. The minimum absolute atomic E-state index is 0.291. The summed E-state index contributed by atoms with van der Waals surface area (Å²) in [4.78, 5) is 4.13. The van der Waals surface area contributed by atoms with Gasteiger partial charge in [-0.25, -0.2) is 5.21 Å². The average molecular weight is 228 g/mol. The van der Waals surface area contributed by atoms with Gasteiger partial charge in [-0.15, -0.1) is 0 Å². The minimum Gasteiger partial charge on any atom is -0.595 e. The Hall–Kier alpha value is -2.01. The Labute approximate surface area is 99.0 Å². The summed E-state index contributed by atoms with van der Waals surface area (Å²) in [5.41, 5.74) is 1.76. The lowest BCUT2D eigenvalue weighted by Crippen LogP contribution is -2.99. The molecule has 1 atom stereocenters. The summed E-state index contributed by atoms with van der Waals surface area (Å²) in [6, 6.07) is 12.5. The number of rotatable bonds is 3. The van der Waals surface area contributed by atoms with Crippen molar-refractivity contribution in [2.24, 2.45) is 0 Å². The molecule has 17 heavy (non-hydrogen) atoms. The maximum absolute atomic E-state index is 11.0. The van der Waals surface area contributed by atoms with Crippen LogP contribution in [0.3, 0.4) is 0 Å². The molecule has 0 aliphatic carbocycles. The molecule has 0 bridgehead atoms. The molecule has 0 radical (unpaired) electrons. The van der Waals surface area contributed by atoms with Crippen molar-refractivity contribution >= 4 is 17.8 Å². The SMILES string of the molecule is [O-][NH+](O)c1ccccc1C=Cc1ccccn1. The van der Waals surface area contributed by atoms with Crippen LogP contribution < -0.4 is 5.23 Å². The molecule has 0 saturated heterocycles. The molecule has 2 rings (SSSR count). The molecule has 0 saturated carbocycles. The zero-order chi connectivity index (χ0) is 12.1. The summed E-state index contributed by atoms with van der Waals surface area (Å²) in [6.07, 6.45) is 5.25. The van der Waals surface area contributed by atoms with E-state index in [2.05, 4.69) is 4.98 Å². The first-order valence-electron chi connectivity index (χ1n) is 5.19. The van der Waals surface area contributed by atoms with Gasteiger partial charge in [-0.2, -0.15) is 5.23 Å². The van der Waals surface area contributed by atoms with E-state index < -0.39 is 5.23 Å². The number of quaternary nitrogens is 1. The molecule has 4 nitrogen and oxygen atoms in total. The molecule has 4 heteroatoms. The summed E-state index contributed by atoms with van der Waals surface area (Å²) in [5, 5.41) is 19.1. The molecule has 2 aromatic rings. The van der Waals surface area contributed by atoms with Crippen molar-refractivity contribution in [2.75, 3.05) is 0 Å². The molecule has 0 amide bonds. The summed E-state index contributed by atoms with van der Waals surface area (Å²) >= 11 is 0. The van der Waals surface area contributed by atoms with Crippen molar-refractivity contribution in [3.05, 3.63) is 65.1 Å². The Morgan fingerprint density at radius 3 is 2.53 bits per heavy atom. The molecule has 1 aromatic heterocycles. The van der Waals surface area contributed by atoms with E-state index >= 15 is 0 Å². The van der Waals surface area contributed by atoms with Gasteiger partial charge in [-0.05, 0) is 30.4 Å². The minimum atomic E-state index is -0.925. The van der Waals surface area contributed by atoms with Gasteiger partial charge in [0.1, 0.15) is 0 Å². The van der Waals surface area contributed by atoms with Crippen LogP contribution in [-0.2, 0) is 0 Å². The van der Waals surface area contributed by atoms with E-state index in [-0.39, 0.29) is 0 Å². The molecular formula is C13H12N2O2. The van der Waals surface area contributed by atoms with Gasteiger partial charge in [0.2, 0.25) is 0 Å². The largest absolute Gasteiger partial charge is 0.595 e. The van der Waals surface area contributed by atoms with Crippen molar-refractivity contribution < 1.29 is 10.4 Å². The van der Waals surface area contributed by atoms with Crippen LogP contribution in [0.4, 0.5) is 5.69 Å². The van der Waals surface area contributed by atoms with Crippen LogP contribution in [0.5, 0.6) is 0 Å². The highest BCUT2D eigenvalue weighted by Gasteiger charge is 2.04. The quantitative estimate of drug-likeness (QED) is 0.785. The lowest BCUT2D eigenvalue weighted by atomic mass is 10.1. The highest BCUT2D eigenvalue weighted by molar-refractivity contribution is 5.72. The van der Waals surface area contributed by atoms with E-state index in [1.807, 2.05) is 24.3 Å². The first kappa shape index (κ1) is 11.5. The third-order valence-corrected chi connectivity index (χ3v) is 2.31. The first-order chi connectivity index (χ1) is 8.27. The van der Waals surface area contributed by atoms with Gasteiger partial charge in [0, 0.05) is 17.8 Å². The average Bonchev–Trinajstić information content (AvgIpc) is 2.38. The lowest BCUT2D eigenvalue weighted by molar-refractivity contribution is -0.991. The molecule has 0 aliphatic rings. The van der Waals surface area contributed by atoms with Gasteiger partial charge in [-0.3, -0.25) is 4.98 Å². The van der Waals surface area contributed by atoms with Gasteiger partial charge in [0.15, 0.2) is 5.69 Å². The molecule has 1 unspecified atom stereocenters. The molecule has 86 valence electrons. The topological polar surface area (TPSA) is 60.6 Å². The highest BCUT2D eigenvalue weighted by atomic mass is 16.8. The molecule has 2 N–H and O–H groups in total. The fraction of sp³-hybridized carbons (Fsp3) is 0. The zero-order valence-electron chi connectivity index (χ0n) is 9.08. The molecule has 0 aliphatic heterocycles. The van der Waals surface area contributed by atoms with Crippen molar-refractivity contribution in [2.45, 2.75) is 0 Å². The van der Waals surface area contributed by atoms with Gasteiger partial charge >= 0.3 is 0 Å². The summed E-state index contributed by atoms with van der Waals surface area (Å²) in [6.45, 7) is 0. The van der Waals surface area contributed by atoms with Crippen molar-refractivity contribution in [3.63, 3.8) is 0 Å². The maximum atomic E-state index is 11.0. The van der Waals surface area contributed by atoms with Crippen LogP contribution in [0.2, 0.25) is 0 Å². The number of hydrogen-bond acceptors (Lipinski definition) is 3. The van der Waals surface area contributed by atoms with Gasteiger partial charge in [-0.1, -0.05) is 18.2 Å². The van der Waals surface area contributed by atoms with E-state index in [1.165, 1.54) is 0 Å². The van der Waals surface area contributed by atoms with Gasteiger partial charge in [0.05, 0.1) is 5.69 Å². The predicted octanol–water partition coefficient (Wildman–Crippen LogP) is 1.66. The van der Waals surface area contributed by atoms with E-state index in [4.69, 9.17) is 5.21 Å². The van der Waals surface area contributed by atoms with Gasteiger partial charge < -0.3 is 5.21 Å². The molecule has 1 aromatic carbocycles. The monoisotopic (exact) mass is 228 g/mol. The zero-order valence-corrected chi connectivity index (χ0v) is 9.08. The standard InChI is InChI=1S/C13H12N2O2/c16-15(17)13-7-2-1-5-11(13)8-9-12-6-3-4-10-14-12/h1-10,15-16H. The maximum Gasteiger partial charge on any atom is 0.171 e. The van der Waals surface area contributed by atoms with Crippen LogP contribution in [0.1, 0.15) is 11.3 Å². The molecular weight excluding hydrogens is 216 g/mol. The van der Waals surface area contributed by atoms with Crippen molar-refractivity contribution in [1.29, 1.82) is 0 Å². The summed E-state index contributed by atoms with van der Waals surface area (Å²) in [7, 11) is 0. The Bertz CT molecular complexity index is 510. The highest BCUT2D eigenvalue weighted by Crippen LogP contribution is 2.13. The number of pyridine rings is 1. The predicted molar refractivity (Wildman–Crippen MR) is 65.4 cm³/mol. The van der Waals surface area contributed by atoms with E-state index in [1.54, 1.807) is 36.5 Å². The van der Waals surface area contributed by atoms with Crippen LogP contribution in [0.25, 0.3) is 12.2 Å². The summed E-state index contributed by atoms with van der Waals surface area (Å²) < 4.78 is 0. The van der Waals surface area contributed by atoms with Crippen LogP contribution in [0.15, 0.2) is 48.7 Å². The first-order valence-corrected chi connectivity index (χ1v) is 5.19. The second kappa shape index (κ2) is 5.36. The Morgan fingerprint density at radius 2 is 1.82 bits per heavy atom. The van der Waals surface area contributed by atoms with Crippen molar-refractivity contribution in [1.82, 2.24) is 4.98 Å². The second-order valence-corrected chi connectivity index (χ2v) is 3.48. The van der Waals surface area contributed by atoms with E-state index in [9.17, 15) is 5.21 Å². The summed E-state index contributed by atoms with van der Waals surface area (Å²) in [5.74, 6) is 0. The molecule has 1 heterocycles. The Morgan fingerprint density at radius 1 is 1.06 bits per heavy atom. The van der Waals surface area contributed by atoms with E-state index in [0.29, 0.717) is 11.3 Å². The van der Waals surface area contributed by atoms with Crippen molar-refractivity contribution in [3.8, 4) is 0 Å². The van der Waals surface area contributed by atoms with E-state index in [0.717, 1.165) is 5.69 Å². The number of nitrogens with zero attached hydrogens (tertiary/aromatic N) is 1. The third kappa shape index (κ3) is 2.98. The lowest BCUT2D eigenvalue weighted by Gasteiger charge is -2.13. The Kier molecular flexibility index (Phi) is 3.62. The number of nitrogens with one attached hydrogen (secondary N) is 1.